The lowest BCUT2D eigenvalue weighted by Crippen LogP contribution is -2.33. The Kier molecular flexibility index (Phi) is 7.44. The maximum absolute atomic E-state index is 12.7. The largest absolute Gasteiger partial charge is 0.424 e. The minimum atomic E-state index is -0.458. The van der Waals surface area contributed by atoms with Gasteiger partial charge in [0.1, 0.15) is 12.0 Å². The van der Waals surface area contributed by atoms with Crippen molar-refractivity contribution in [2.24, 2.45) is 17.8 Å². The lowest BCUT2D eigenvalue weighted by atomic mass is 10.1. The van der Waals surface area contributed by atoms with Gasteiger partial charge in [0.25, 0.3) is 0 Å². The molecule has 0 atom stereocenters. The van der Waals surface area contributed by atoms with Crippen molar-refractivity contribution in [1.82, 2.24) is 9.97 Å². The van der Waals surface area contributed by atoms with Crippen LogP contribution in [0.3, 0.4) is 0 Å². The van der Waals surface area contributed by atoms with Gasteiger partial charge in [-0.05, 0) is 36.8 Å². The van der Waals surface area contributed by atoms with Crippen molar-refractivity contribution in [3.8, 4) is 5.75 Å². The summed E-state index contributed by atoms with van der Waals surface area (Å²) in [7, 11) is 0. The average Bonchev–Trinajstić information content (AvgIpc) is 3.54. The van der Waals surface area contributed by atoms with E-state index in [4.69, 9.17) is 4.74 Å². The van der Waals surface area contributed by atoms with Gasteiger partial charge in [-0.3, -0.25) is 4.79 Å². The van der Waals surface area contributed by atoms with Gasteiger partial charge in [0.15, 0.2) is 5.75 Å². The molecule has 2 aromatic rings. The Hall–Kier alpha value is -3.16. The van der Waals surface area contributed by atoms with Gasteiger partial charge in [0.05, 0.1) is 29.7 Å². The first kappa shape index (κ1) is 22.5. The molecule has 0 aliphatic heterocycles. The number of ether oxygens (including phenoxy) is 1. The summed E-state index contributed by atoms with van der Waals surface area (Å²) in [5, 5.41) is 5.61. The van der Waals surface area contributed by atoms with Gasteiger partial charge in [0.2, 0.25) is 0 Å². The van der Waals surface area contributed by atoms with Crippen molar-refractivity contribution >= 4 is 29.1 Å². The van der Waals surface area contributed by atoms with Gasteiger partial charge >= 0.3 is 12.0 Å². The quantitative estimate of drug-likeness (QED) is 0.452. The Balaban J connectivity index is 1.92. The topological polar surface area (TPSA) is 96.5 Å². The maximum atomic E-state index is 12.7. The van der Waals surface area contributed by atoms with Crippen LogP contribution in [0.1, 0.15) is 40.5 Å². The number of urea groups is 1. The normalized spacial score (nSPS) is 13.2. The fourth-order valence-electron chi connectivity index (χ4n) is 3.30. The third-order valence-electron chi connectivity index (χ3n) is 4.69. The second kappa shape index (κ2) is 10.2. The Morgan fingerprint density at radius 2 is 1.71 bits per heavy atom. The monoisotopic (exact) mass is 425 g/mol. The highest BCUT2D eigenvalue weighted by molar-refractivity contribution is 6.03. The summed E-state index contributed by atoms with van der Waals surface area (Å²) in [6.07, 6.45) is 6.11. The first-order chi connectivity index (χ1) is 14.8. The summed E-state index contributed by atoms with van der Waals surface area (Å²) in [5.41, 5.74) is 1.77. The highest BCUT2D eigenvalue weighted by Gasteiger charge is 2.32. The predicted octanol–water partition coefficient (Wildman–Crippen LogP) is 4.55. The zero-order valence-corrected chi connectivity index (χ0v) is 18.6. The van der Waals surface area contributed by atoms with E-state index in [1.54, 1.807) is 6.07 Å². The Labute approximate surface area is 183 Å². The third kappa shape index (κ3) is 6.67. The molecule has 31 heavy (non-hydrogen) atoms. The second-order valence-corrected chi connectivity index (χ2v) is 8.74. The number of aromatic nitrogens is 2. The molecule has 8 nitrogen and oxygen atoms in total. The lowest BCUT2D eigenvalue weighted by molar-refractivity contribution is -0.135. The van der Waals surface area contributed by atoms with Gasteiger partial charge in [-0.1, -0.05) is 33.8 Å². The summed E-state index contributed by atoms with van der Waals surface area (Å²) in [6.45, 7) is 10.2. The number of esters is 1. The van der Waals surface area contributed by atoms with Gasteiger partial charge in [-0.25, -0.2) is 14.8 Å². The number of carbonyl (C=O) groups is 2. The van der Waals surface area contributed by atoms with Gasteiger partial charge in [0, 0.05) is 13.1 Å². The zero-order chi connectivity index (χ0) is 22.4. The van der Waals surface area contributed by atoms with Crippen molar-refractivity contribution in [2.45, 2.75) is 40.5 Å². The van der Waals surface area contributed by atoms with E-state index in [0.29, 0.717) is 29.0 Å². The average molecular weight is 426 g/mol. The molecule has 1 fully saturated rings. The highest BCUT2D eigenvalue weighted by Crippen LogP contribution is 2.38. The summed E-state index contributed by atoms with van der Waals surface area (Å²) in [6, 6.07) is 5.06. The van der Waals surface area contributed by atoms with Crippen LogP contribution in [-0.4, -0.2) is 35.1 Å². The summed E-state index contributed by atoms with van der Waals surface area (Å²) >= 11 is 0. The molecule has 1 heterocycles. The number of rotatable bonds is 9. The van der Waals surface area contributed by atoms with Crippen LogP contribution in [-0.2, 0) is 4.79 Å². The molecule has 166 valence electrons. The Morgan fingerprint density at radius 1 is 1.06 bits per heavy atom. The van der Waals surface area contributed by atoms with E-state index in [-0.39, 0.29) is 11.9 Å². The van der Waals surface area contributed by atoms with Crippen LogP contribution in [0, 0.1) is 17.8 Å². The minimum absolute atomic E-state index is 0.0470. The van der Waals surface area contributed by atoms with Crippen molar-refractivity contribution in [2.75, 3.05) is 28.6 Å². The summed E-state index contributed by atoms with van der Waals surface area (Å²) < 4.78 is 5.69. The molecule has 1 aliphatic carbocycles. The molecule has 1 aromatic heterocycles. The Morgan fingerprint density at radius 3 is 2.29 bits per heavy atom. The molecule has 3 rings (SSSR count). The van der Waals surface area contributed by atoms with Gasteiger partial charge in [-0.2, -0.15) is 0 Å². The molecular formula is C23H31N5O3. The number of amides is 2. The summed E-state index contributed by atoms with van der Waals surface area (Å²) in [5.74, 6) is 0.885. The number of anilines is 3. The van der Waals surface area contributed by atoms with E-state index in [1.807, 2.05) is 12.1 Å². The Bertz CT molecular complexity index is 887. The van der Waals surface area contributed by atoms with Gasteiger partial charge in [-0.15, -0.1) is 0 Å². The molecule has 2 N–H and O–H groups in total. The zero-order valence-electron chi connectivity index (χ0n) is 18.6. The van der Waals surface area contributed by atoms with Crippen LogP contribution in [0.15, 0.2) is 36.9 Å². The van der Waals surface area contributed by atoms with Crippen molar-refractivity contribution < 1.29 is 14.3 Å². The number of hydrogen-bond donors (Lipinski definition) is 2. The standard InChI is InChI=1S/C23H31N5O3/c1-15(2)12-28(13-16(3)4)19-6-5-7-20(31-22(29)17-8-9-17)21(19)27-23(30)26-18-10-24-14-25-11-18/h5-7,10-11,14-17H,8-9,12-13H2,1-4H3,(H2,26,27,30). The number of nitrogens with zero attached hydrogens (tertiary/aromatic N) is 3. The summed E-state index contributed by atoms with van der Waals surface area (Å²) in [4.78, 5) is 35.2. The molecular weight excluding hydrogens is 394 g/mol. The number of nitrogens with one attached hydrogen (secondary N) is 2. The number of benzene rings is 1. The molecule has 0 radical (unpaired) electrons. The van der Waals surface area contributed by atoms with Gasteiger partial charge < -0.3 is 20.3 Å². The van der Waals surface area contributed by atoms with E-state index >= 15 is 0 Å². The molecule has 1 saturated carbocycles. The van der Waals surface area contributed by atoms with Crippen LogP contribution < -0.4 is 20.3 Å². The smallest absolute Gasteiger partial charge is 0.323 e. The molecule has 2 amide bonds. The van der Waals surface area contributed by atoms with E-state index in [9.17, 15) is 9.59 Å². The molecule has 0 saturated heterocycles. The lowest BCUT2D eigenvalue weighted by Gasteiger charge is -2.31. The molecule has 0 bridgehead atoms. The first-order valence-corrected chi connectivity index (χ1v) is 10.8. The molecule has 0 unspecified atom stereocenters. The number of carbonyl (C=O) groups excluding carboxylic acids is 2. The van der Waals surface area contributed by atoms with E-state index in [1.165, 1.54) is 18.7 Å². The second-order valence-electron chi connectivity index (χ2n) is 8.74. The maximum Gasteiger partial charge on any atom is 0.323 e. The predicted molar refractivity (Wildman–Crippen MR) is 121 cm³/mol. The molecule has 0 spiro atoms. The third-order valence-corrected chi connectivity index (χ3v) is 4.69. The molecule has 1 aliphatic rings. The van der Waals surface area contributed by atoms with Crippen LogP contribution in [0.5, 0.6) is 5.75 Å². The highest BCUT2D eigenvalue weighted by atomic mass is 16.5. The van der Waals surface area contributed by atoms with Crippen molar-refractivity contribution in [1.29, 1.82) is 0 Å². The SMILES string of the molecule is CC(C)CN(CC(C)C)c1cccc(OC(=O)C2CC2)c1NC(=O)Nc1cncnc1. The van der Waals surface area contributed by atoms with E-state index in [0.717, 1.165) is 31.6 Å². The molecule has 8 heteroatoms. The van der Waals surface area contributed by atoms with Crippen molar-refractivity contribution in [3.63, 3.8) is 0 Å². The molecule has 1 aromatic carbocycles. The van der Waals surface area contributed by atoms with E-state index in [2.05, 4.69) is 53.2 Å². The van der Waals surface area contributed by atoms with Crippen LogP contribution in [0.25, 0.3) is 0 Å². The van der Waals surface area contributed by atoms with Crippen molar-refractivity contribution in [3.05, 3.63) is 36.9 Å². The first-order valence-electron chi connectivity index (χ1n) is 10.8. The number of para-hydroxylation sites is 1. The fourth-order valence-corrected chi connectivity index (χ4v) is 3.30. The number of hydrogen-bond acceptors (Lipinski definition) is 6. The van der Waals surface area contributed by atoms with E-state index < -0.39 is 6.03 Å². The van der Waals surface area contributed by atoms with Crippen LogP contribution in [0.4, 0.5) is 21.9 Å². The van der Waals surface area contributed by atoms with Crippen LogP contribution >= 0.6 is 0 Å². The fraction of sp³-hybridized carbons (Fsp3) is 0.478. The van der Waals surface area contributed by atoms with Crippen LogP contribution in [0.2, 0.25) is 0 Å². The minimum Gasteiger partial charge on any atom is -0.424 e.